The molecule has 0 aliphatic carbocycles. The fourth-order valence-electron chi connectivity index (χ4n) is 1.98. The summed E-state index contributed by atoms with van der Waals surface area (Å²) in [5.41, 5.74) is 0.662. The molecule has 0 radical (unpaired) electrons. The third-order valence-electron chi connectivity index (χ3n) is 3.15. The van der Waals surface area contributed by atoms with Crippen LogP contribution in [0.4, 0.5) is 8.78 Å². The van der Waals surface area contributed by atoms with Crippen LogP contribution in [0.1, 0.15) is 10.4 Å². The van der Waals surface area contributed by atoms with E-state index in [1.807, 2.05) is 12.1 Å². The maximum absolute atomic E-state index is 13.6. The number of hydrogen-bond acceptors (Lipinski definition) is 2. The third-order valence-corrected chi connectivity index (χ3v) is 5.49. The van der Waals surface area contributed by atoms with Crippen LogP contribution in [0, 0.1) is 25.5 Å². The summed E-state index contributed by atoms with van der Waals surface area (Å²) in [5, 5.41) is 0. The molecule has 0 amide bonds. The summed E-state index contributed by atoms with van der Waals surface area (Å²) < 4.78 is 27.3. The second-order valence-electron chi connectivity index (χ2n) is 4.64. The standard InChI is InChI=1S/C16H12F2S2/c1-9-3-4-15(19-9)16-6-5-14(20-16)11-7-12(17)10(2)13(18)8-11/h3-8H,1-2H3. The molecule has 4 heteroatoms. The molecule has 0 aliphatic rings. The van der Waals surface area contributed by atoms with Crippen molar-refractivity contribution in [2.75, 3.05) is 0 Å². The van der Waals surface area contributed by atoms with Gasteiger partial charge in [-0.2, -0.15) is 0 Å². The molecule has 1 aromatic carbocycles. The minimum Gasteiger partial charge on any atom is -0.207 e. The van der Waals surface area contributed by atoms with E-state index in [-0.39, 0.29) is 5.56 Å². The number of rotatable bonds is 2. The van der Waals surface area contributed by atoms with Gasteiger partial charge in [-0.25, -0.2) is 8.78 Å². The highest BCUT2D eigenvalue weighted by atomic mass is 32.1. The van der Waals surface area contributed by atoms with Crippen molar-refractivity contribution in [2.45, 2.75) is 13.8 Å². The van der Waals surface area contributed by atoms with E-state index in [1.54, 1.807) is 22.7 Å². The SMILES string of the molecule is Cc1ccc(-c2ccc(-c3cc(F)c(C)c(F)c3)s2)s1. The maximum Gasteiger partial charge on any atom is 0.129 e. The van der Waals surface area contributed by atoms with Crippen LogP contribution in [0.2, 0.25) is 0 Å². The van der Waals surface area contributed by atoms with Gasteiger partial charge in [-0.1, -0.05) is 0 Å². The first-order chi connectivity index (χ1) is 9.54. The number of halogens is 2. The summed E-state index contributed by atoms with van der Waals surface area (Å²) in [6, 6.07) is 10.9. The first-order valence-corrected chi connectivity index (χ1v) is 7.80. The van der Waals surface area contributed by atoms with Gasteiger partial charge in [-0.05, 0) is 55.8 Å². The molecule has 0 N–H and O–H groups in total. The lowest BCUT2D eigenvalue weighted by Crippen LogP contribution is -1.89. The highest BCUT2D eigenvalue weighted by molar-refractivity contribution is 7.23. The topological polar surface area (TPSA) is 0 Å². The van der Waals surface area contributed by atoms with E-state index < -0.39 is 11.6 Å². The molecule has 20 heavy (non-hydrogen) atoms. The molecule has 0 nitrogen and oxygen atoms in total. The Morgan fingerprint density at radius 1 is 0.750 bits per heavy atom. The highest BCUT2D eigenvalue weighted by Gasteiger charge is 2.11. The van der Waals surface area contributed by atoms with Crippen molar-refractivity contribution >= 4 is 22.7 Å². The van der Waals surface area contributed by atoms with E-state index in [9.17, 15) is 8.78 Å². The van der Waals surface area contributed by atoms with Crippen molar-refractivity contribution in [3.8, 4) is 20.2 Å². The summed E-state index contributed by atoms with van der Waals surface area (Å²) in [4.78, 5) is 4.44. The Kier molecular flexibility index (Phi) is 3.44. The van der Waals surface area contributed by atoms with Crippen LogP contribution in [0.25, 0.3) is 20.2 Å². The molecule has 0 saturated carbocycles. The molecule has 3 rings (SSSR count). The Balaban J connectivity index is 2.02. The van der Waals surface area contributed by atoms with Gasteiger partial charge in [-0.3, -0.25) is 0 Å². The quantitative estimate of drug-likeness (QED) is 0.541. The first-order valence-electron chi connectivity index (χ1n) is 6.17. The predicted octanol–water partition coefficient (Wildman–Crippen LogP) is 6.04. The van der Waals surface area contributed by atoms with Crippen LogP contribution in [-0.2, 0) is 0 Å². The molecule has 102 valence electrons. The van der Waals surface area contributed by atoms with Crippen molar-refractivity contribution in [3.05, 3.63) is 58.5 Å². The second kappa shape index (κ2) is 5.11. The summed E-state index contributed by atoms with van der Waals surface area (Å²) in [7, 11) is 0. The van der Waals surface area contributed by atoms with E-state index in [4.69, 9.17) is 0 Å². The molecule has 0 saturated heterocycles. The molecule has 0 fully saturated rings. The Bertz CT molecular complexity index is 745. The van der Waals surface area contributed by atoms with E-state index in [0.717, 1.165) is 9.75 Å². The van der Waals surface area contributed by atoms with Gasteiger partial charge >= 0.3 is 0 Å². The van der Waals surface area contributed by atoms with E-state index in [1.165, 1.54) is 28.8 Å². The van der Waals surface area contributed by atoms with E-state index in [0.29, 0.717) is 5.56 Å². The normalized spacial score (nSPS) is 11.0. The molecular weight excluding hydrogens is 294 g/mol. The monoisotopic (exact) mass is 306 g/mol. The van der Waals surface area contributed by atoms with Gasteiger partial charge in [0.05, 0.1) is 0 Å². The minimum atomic E-state index is -0.498. The van der Waals surface area contributed by atoms with Gasteiger partial charge < -0.3 is 0 Å². The minimum absolute atomic E-state index is 0.0689. The Hall–Kier alpha value is -1.52. The van der Waals surface area contributed by atoms with Gasteiger partial charge in [0.2, 0.25) is 0 Å². The fourth-order valence-corrected chi connectivity index (χ4v) is 3.93. The number of aryl methyl sites for hydroxylation is 1. The maximum atomic E-state index is 13.6. The fraction of sp³-hybridized carbons (Fsp3) is 0.125. The lowest BCUT2D eigenvalue weighted by Gasteiger charge is -2.02. The third kappa shape index (κ3) is 2.41. The summed E-state index contributed by atoms with van der Waals surface area (Å²) >= 11 is 3.27. The van der Waals surface area contributed by atoms with Crippen LogP contribution in [0.5, 0.6) is 0 Å². The van der Waals surface area contributed by atoms with Gasteiger partial charge in [-0.15, -0.1) is 22.7 Å². The van der Waals surface area contributed by atoms with E-state index in [2.05, 4.69) is 19.1 Å². The molecule has 0 atom stereocenters. The number of hydrogen-bond donors (Lipinski definition) is 0. The molecule has 0 spiro atoms. The van der Waals surface area contributed by atoms with Crippen LogP contribution < -0.4 is 0 Å². The summed E-state index contributed by atoms with van der Waals surface area (Å²) in [6.45, 7) is 3.51. The molecule has 0 aliphatic heterocycles. The van der Waals surface area contributed by atoms with Crippen molar-refractivity contribution in [1.82, 2.24) is 0 Å². The average Bonchev–Trinajstić information content (AvgIpc) is 3.03. The van der Waals surface area contributed by atoms with E-state index >= 15 is 0 Å². The molecule has 0 unspecified atom stereocenters. The predicted molar refractivity (Wildman–Crippen MR) is 82.5 cm³/mol. The van der Waals surface area contributed by atoms with Gasteiger partial charge in [0.1, 0.15) is 11.6 Å². The first kappa shape index (κ1) is 13.5. The van der Waals surface area contributed by atoms with Crippen LogP contribution in [0.3, 0.4) is 0 Å². The molecular formula is C16H12F2S2. The van der Waals surface area contributed by atoms with Gasteiger partial charge in [0, 0.05) is 25.1 Å². The van der Waals surface area contributed by atoms with Crippen molar-refractivity contribution in [2.24, 2.45) is 0 Å². The lowest BCUT2D eigenvalue weighted by molar-refractivity contribution is 0.569. The zero-order valence-corrected chi connectivity index (χ0v) is 12.7. The lowest BCUT2D eigenvalue weighted by atomic mass is 10.1. The molecule has 2 aromatic heterocycles. The molecule has 0 bridgehead atoms. The Morgan fingerprint density at radius 2 is 1.30 bits per heavy atom. The van der Waals surface area contributed by atoms with Crippen molar-refractivity contribution in [1.29, 1.82) is 0 Å². The highest BCUT2D eigenvalue weighted by Crippen LogP contribution is 2.38. The number of thiophene rings is 2. The second-order valence-corrected chi connectivity index (χ2v) is 7.01. The summed E-state index contributed by atoms with van der Waals surface area (Å²) in [6.07, 6.45) is 0. The number of benzene rings is 1. The van der Waals surface area contributed by atoms with Crippen molar-refractivity contribution in [3.63, 3.8) is 0 Å². The Morgan fingerprint density at radius 3 is 1.90 bits per heavy atom. The molecule has 2 heterocycles. The average molecular weight is 306 g/mol. The largest absolute Gasteiger partial charge is 0.207 e. The van der Waals surface area contributed by atoms with Gasteiger partial charge in [0.25, 0.3) is 0 Å². The molecule has 3 aromatic rings. The summed E-state index contributed by atoms with van der Waals surface area (Å²) in [5.74, 6) is -0.996. The Labute approximate surface area is 124 Å². The smallest absolute Gasteiger partial charge is 0.129 e. The van der Waals surface area contributed by atoms with Crippen LogP contribution in [0.15, 0.2) is 36.4 Å². The van der Waals surface area contributed by atoms with Crippen LogP contribution in [-0.4, -0.2) is 0 Å². The van der Waals surface area contributed by atoms with Crippen molar-refractivity contribution < 1.29 is 8.78 Å². The zero-order chi connectivity index (χ0) is 14.3. The zero-order valence-electron chi connectivity index (χ0n) is 11.0. The van der Waals surface area contributed by atoms with Crippen LogP contribution >= 0.6 is 22.7 Å². The van der Waals surface area contributed by atoms with Gasteiger partial charge in [0.15, 0.2) is 0 Å².